The average molecular weight is 278 g/mol. The number of ether oxygens (including phenoxy) is 1. The van der Waals surface area contributed by atoms with Gasteiger partial charge in [-0.3, -0.25) is 4.79 Å². The van der Waals surface area contributed by atoms with E-state index in [9.17, 15) is 4.79 Å². The Morgan fingerprint density at radius 2 is 2.06 bits per heavy atom. The minimum absolute atomic E-state index is 0. The van der Waals surface area contributed by atoms with Crippen LogP contribution in [0.2, 0.25) is 5.02 Å². The molecule has 1 fully saturated rings. The third-order valence-electron chi connectivity index (χ3n) is 3.11. The number of rotatable bonds is 4. The van der Waals surface area contributed by atoms with Gasteiger partial charge in [0.25, 0.3) is 0 Å². The van der Waals surface area contributed by atoms with Crippen LogP contribution in [-0.4, -0.2) is 37.2 Å². The Morgan fingerprint density at radius 1 is 1.39 bits per heavy atom. The van der Waals surface area contributed by atoms with Crippen molar-refractivity contribution in [1.29, 1.82) is 0 Å². The van der Waals surface area contributed by atoms with Gasteiger partial charge in [0.15, 0.2) is 5.52 Å². The van der Waals surface area contributed by atoms with Gasteiger partial charge in [0.1, 0.15) is 5.75 Å². The standard InChI is InChI=1S/C13H16ClO2P.Li/c1-16-11-8-4-7-10(14)12(11)13(15)17-9-5-2-3-6-9;/h4,7-9,17H,2-3,5-6H2,1H3;. The monoisotopic (exact) mass is 277 g/mol. The summed E-state index contributed by atoms with van der Waals surface area (Å²) in [5, 5.41) is 0.500. The summed E-state index contributed by atoms with van der Waals surface area (Å²) in [5.74, 6) is 0.591. The third-order valence-corrected chi connectivity index (χ3v) is 4.93. The van der Waals surface area contributed by atoms with Crippen LogP contribution < -0.4 is 4.74 Å². The number of benzene rings is 1. The van der Waals surface area contributed by atoms with E-state index in [1.54, 1.807) is 25.3 Å². The van der Waals surface area contributed by atoms with Crippen LogP contribution in [0, 0.1) is 0 Å². The van der Waals surface area contributed by atoms with Crippen molar-refractivity contribution in [2.45, 2.75) is 31.3 Å². The molecule has 18 heavy (non-hydrogen) atoms. The molecular formula is C13H16ClLiO2P. The van der Waals surface area contributed by atoms with Gasteiger partial charge >= 0.3 is 0 Å². The van der Waals surface area contributed by atoms with Crippen LogP contribution in [0.4, 0.5) is 0 Å². The molecule has 0 aliphatic heterocycles. The van der Waals surface area contributed by atoms with E-state index in [1.807, 2.05) is 0 Å². The van der Waals surface area contributed by atoms with E-state index in [0.717, 1.165) is 0 Å². The van der Waals surface area contributed by atoms with Crippen molar-refractivity contribution < 1.29 is 9.53 Å². The van der Waals surface area contributed by atoms with Gasteiger partial charge in [0.2, 0.25) is 0 Å². The molecule has 1 saturated carbocycles. The quantitative estimate of drug-likeness (QED) is 0.619. The normalized spacial score (nSPS) is 15.9. The minimum atomic E-state index is 0. The van der Waals surface area contributed by atoms with Gasteiger partial charge < -0.3 is 4.74 Å². The number of hydrogen-bond acceptors (Lipinski definition) is 2. The second-order valence-corrected chi connectivity index (χ2v) is 6.24. The zero-order valence-corrected chi connectivity index (χ0v) is 12.6. The summed E-state index contributed by atoms with van der Waals surface area (Å²) in [7, 11) is 1.90. The number of halogens is 1. The molecule has 2 nitrogen and oxygen atoms in total. The van der Waals surface area contributed by atoms with Crippen LogP contribution in [0.1, 0.15) is 36.0 Å². The van der Waals surface area contributed by atoms with Crippen LogP contribution in [0.15, 0.2) is 18.2 Å². The molecule has 1 aliphatic carbocycles. The van der Waals surface area contributed by atoms with E-state index in [0.29, 0.717) is 30.6 Å². The molecule has 1 atom stereocenters. The average Bonchev–Trinajstić information content (AvgIpc) is 2.81. The number of methoxy groups -OCH3 is 1. The molecule has 0 saturated heterocycles. The Labute approximate surface area is 127 Å². The molecule has 0 aromatic heterocycles. The second kappa shape index (κ2) is 7.56. The van der Waals surface area contributed by atoms with E-state index in [2.05, 4.69) is 0 Å². The maximum atomic E-state index is 12.2. The van der Waals surface area contributed by atoms with Gasteiger partial charge in [-0.15, -0.1) is 0 Å². The molecule has 0 N–H and O–H groups in total. The molecule has 1 radical (unpaired) electrons. The summed E-state index contributed by atoms with van der Waals surface area (Å²) in [5.41, 5.74) is 1.25. The Hall–Kier alpha value is 0.00740. The smallest absolute Gasteiger partial charge is 0.186 e. The van der Waals surface area contributed by atoms with Gasteiger partial charge in [0, 0.05) is 18.9 Å². The molecule has 1 aromatic rings. The first-order chi connectivity index (χ1) is 8.22. The zero-order valence-electron chi connectivity index (χ0n) is 10.8. The number of carbonyl (C=O) groups is 1. The van der Waals surface area contributed by atoms with Crippen molar-refractivity contribution in [3.63, 3.8) is 0 Å². The molecule has 2 rings (SSSR count). The van der Waals surface area contributed by atoms with Crippen molar-refractivity contribution in [2.24, 2.45) is 0 Å². The van der Waals surface area contributed by atoms with E-state index in [4.69, 9.17) is 16.3 Å². The Balaban J connectivity index is 0.00000162. The summed E-state index contributed by atoms with van der Waals surface area (Å²) in [6.07, 6.45) is 4.86. The van der Waals surface area contributed by atoms with Gasteiger partial charge in [0.05, 0.1) is 17.7 Å². The SMILES string of the molecule is COc1cccc(Cl)c1C(=O)PC1CCCC1.[Li]. The summed E-state index contributed by atoms with van der Waals surface area (Å²) in [6, 6.07) is 5.34. The van der Waals surface area contributed by atoms with E-state index in [-0.39, 0.29) is 24.4 Å². The Bertz CT molecular complexity index is 419. The van der Waals surface area contributed by atoms with Crippen molar-refractivity contribution in [1.82, 2.24) is 0 Å². The maximum absolute atomic E-state index is 12.2. The van der Waals surface area contributed by atoms with Crippen LogP contribution in [0.5, 0.6) is 5.75 Å². The molecule has 1 unspecified atom stereocenters. The number of hydrogen-bond donors (Lipinski definition) is 0. The molecule has 0 heterocycles. The first-order valence-corrected chi connectivity index (χ1v) is 7.31. The molecule has 93 valence electrons. The van der Waals surface area contributed by atoms with Crippen LogP contribution >= 0.6 is 20.2 Å². The molecule has 0 spiro atoms. The van der Waals surface area contributed by atoms with E-state index >= 15 is 0 Å². The summed E-state index contributed by atoms with van der Waals surface area (Å²) < 4.78 is 5.21. The van der Waals surface area contributed by atoms with Gasteiger partial charge in [-0.25, -0.2) is 0 Å². The van der Waals surface area contributed by atoms with Crippen molar-refractivity contribution in [3.05, 3.63) is 28.8 Å². The Kier molecular flexibility index (Phi) is 6.75. The second-order valence-electron chi connectivity index (χ2n) is 4.27. The minimum Gasteiger partial charge on any atom is -0.496 e. The maximum Gasteiger partial charge on any atom is 0.186 e. The van der Waals surface area contributed by atoms with Gasteiger partial charge in [-0.2, -0.15) is 0 Å². The van der Waals surface area contributed by atoms with E-state index < -0.39 is 0 Å². The molecule has 0 bridgehead atoms. The third kappa shape index (κ3) is 3.75. The first-order valence-electron chi connectivity index (χ1n) is 5.85. The number of carbonyl (C=O) groups excluding carboxylic acids is 1. The van der Waals surface area contributed by atoms with Gasteiger partial charge in [-0.05, 0) is 39.2 Å². The van der Waals surface area contributed by atoms with Crippen molar-refractivity contribution >= 4 is 44.6 Å². The first kappa shape index (κ1) is 16.1. The van der Waals surface area contributed by atoms with Gasteiger partial charge in [-0.1, -0.05) is 30.5 Å². The molecule has 5 heteroatoms. The van der Waals surface area contributed by atoms with Crippen LogP contribution in [0.3, 0.4) is 0 Å². The molecule has 1 aromatic carbocycles. The fourth-order valence-electron chi connectivity index (χ4n) is 2.22. The van der Waals surface area contributed by atoms with Crippen LogP contribution in [0.25, 0.3) is 0 Å². The largest absolute Gasteiger partial charge is 0.496 e. The Morgan fingerprint density at radius 3 is 2.67 bits per heavy atom. The summed E-state index contributed by atoms with van der Waals surface area (Å²) in [6.45, 7) is 0. The fraction of sp³-hybridized carbons (Fsp3) is 0.462. The molecule has 0 amide bonds. The van der Waals surface area contributed by atoms with Crippen molar-refractivity contribution in [2.75, 3.05) is 7.11 Å². The topological polar surface area (TPSA) is 26.3 Å². The molecule has 1 aliphatic rings. The van der Waals surface area contributed by atoms with Crippen molar-refractivity contribution in [3.8, 4) is 5.75 Å². The molecular weight excluding hydrogens is 262 g/mol. The van der Waals surface area contributed by atoms with E-state index in [1.165, 1.54) is 25.7 Å². The fourth-order valence-corrected chi connectivity index (χ4v) is 4.02. The predicted molar refractivity (Wildman–Crippen MR) is 78.7 cm³/mol. The van der Waals surface area contributed by atoms with Crippen LogP contribution in [-0.2, 0) is 0 Å². The zero-order chi connectivity index (χ0) is 12.3. The summed E-state index contributed by atoms with van der Waals surface area (Å²) >= 11 is 6.09. The predicted octanol–water partition coefficient (Wildman–Crippen LogP) is 3.73. The summed E-state index contributed by atoms with van der Waals surface area (Å²) in [4.78, 5) is 12.2.